The quantitative estimate of drug-likeness (QED) is 0.202. The number of H-pyrrole nitrogens is 1. The van der Waals surface area contributed by atoms with Crippen molar-refractivity contribution in [2.24, 2.45) is 0 Å². The van der Waals surface area contributed by atoms with Gasteiger partial charge in [-0.15, -0.1) is 0 Å². The molecule has 0 spiro atoms. The number of rotatable bonds is 13. The van der Waals surface area contributed by atoms with Crippen molar-refractivity contribution in [1.82, 2.24) is 15.2 Å². The second-order valence-corrected chi connectivity index (χ2v) is 11.4. The molecular formula is C32H37N3O3S. The third kappa shape index (κ3) is 6.97. The topological polar surface area (TPSA) is 85.4 Å². The number of phenolic OH excluding ortho intramolecular Hbond substituents is 1. The number of aromatic hydroxyl groups is 1. The van der Waals surface area contributed by atoms with Crippen LogP contribution in [0.1, 0.15) is 47.9 Å². The minimum atomic E-state index is -0.144. The largest absolute Gasteiger partial charge is 0.506 e. The minimum Gasteiger partial charge on any atom is -0.506 e. The molecule has 3 N–H and O–H groups in total. The molecule has 0 unspecified atom stereocenters. The lowest BCUT2D eigenvalue weighted by Gasteiger charge is -2.29. The summed E-state index contributed by atoms with van der Waals surface area (Å²) in [4.78, 5) is 29.9. The number of thiazole rings is 1. The molecule has 6 nitrogen and oxygen atoms in total. The molecule has 7 heteroatoms. The molecule has 4 aromatic rings. The van der Waals surface area contributed by atoms with E-state index in [0.717, 1.165) is 79.6 Å². The number of benzene rings is 3. The Kier molecular flexibility index (Phi) is 9.12. The number of unbranched alkanes of at least 4 members (excludes halogenated alkanes) is 2. The van der Waals surface area contributed by atoms with Crippen LogP contribution < -0.4 is 10.2 Å². The molecule has 1 amide bonds. The molecule has 5 rings (SSSR count). The number of aromatic nitrogens is 1. The first-order valence-electron chi connectivity index (χ1n) is 14.0. The van der Waals surface area contributed by atoms with Gasteiger partial charge in [0, 0.05) is 25.6 Å². The van der Waals surface area contributed by atoms with E-state index in [2.05, 4.69) is 63.7 Å². The van der Waals surface area contributed by atoms with Crippen molar-refractivity contribution in [3.63, 3.8) is 0 Å². The fourth-order valence-corrected chi connectivity index (χ4v) is 6.55. The van der Waals surface area contributed by atoms with E-state index >= 15 is 0 Å². The van der Waals surface area contributed by atoms with Crippen molar-refractivity contribution < 1.29 is 9.90 Å². The zero-order chi connectivity index (χ0) is 27.0. The highest BCUT2D eigenvalue weighted by atomic mass is 32.1. The lowest BCUT2D eigenvalue weighted by Crippen LogP contribution is -2.42. The number of aromatic amines is 1. The lowest BCUT2D eigenvalue weighted by molar-refractivity contribution is -0.133. The predicted octanol–water partition coefficient (Wildman–Crippen LogP) is 5.23. The molecule has 3 aromatic carbocycles. The average Bonchev–Trinajstić information content (AvgIpc) is 3.56. The summed E-state index contributed by atoms with van der Waals surface area (Å²) >= 11 is 1.16. The molecule has 0 aliphatic heterocycles. The summed E-state index contributed by atoms with van der Waals surface area (Å²) in [7, 11) is 0. The van der Waals surface area contributed by atoms with Gasteiger partial charge in [-0.25, -0.2) is 0 Å². The molecule has 0 fully saturated rings. The maximum Gasteiger partial charge on any atom is 0.305 e. The van der Waals surface area contributed by atoms with Gasteiger partial charge in [0.05, 0.1) is 4.70 Å². The number of carbonyl (C=O) groups is 1. The number of carbonyl (C=O) groups excluding carboxylic acids is 1. The molecule has 1 aromatic heterocycles. The van der Waals surface area contributed by atoms with Gasteiger partial charge in [-0.2, -0.15) is 0 Å². The third-order valence-electron chi connectivity index (χ3n) is 7.72. The van der Waals surface area contributed by atoms with Crippen LogP contribution in [0.15, 0.2) is 71.5 Å². The second-order valence-electron chi connectivity index (χ2n) is 10.4. The first-order chi connectivity index (χ1) is 19.1. The highest BCUT2D eigenvalue weighted by Gasteiger charge is 2.29. The van der Waals surface area contributed by atoms with Crippen LogP contribution in [-0.4, -0.2) is 46.6 Å². The standard InChI is InChI=1S/C32H37N3O3S/c36-28-15-14-24(31-30(28)34-32(38)39-31)11-5-2-8-20-35(27-21-25-12-6-7-13-26(25)22-27)29(37)17-19-33-18-16-23-9-3-1-4-10-23/h1,3-4,6-7,9-10,12-15,27,33,36H,2,5,8,11,16-22H2,(H,34,38). The van der Waals surface area contributed by atoms with E-state index in [0.29, 0.717) is 18.5 Å². The SMILES string of the molecule is O=C(CCNCCc1ccccc1)N(CCCCCc1ccc(O)c2[nH]c(=O)sc12)C1Cc2ccccc2C1. The Bertz CT molecular complexity index is 1420. The summed E-state index contributed by atoms with van der Waals surface area (Å²) < 4.78 is 0.847. The van der Waals surface area contributed by atoms with Crippen molar-refractivity contribution in [3.05, 3.63) is 98.7 Å². The maximum absolute atomic E-state index is 13.4. The first-order valence-corrected chi connectivity index (χ1v) is 14.8. The summed E-state index contributed by atoms with van der Waals surface area (Å²) in [6.45, 7) is 2.33. The molecule has 204 valence electrons. The van der Waals surface area contributed by atoms with E-state index in [1.54, 1.807) is 6.07 Å². The summed E-state index contributed by atoms with van der Waals surface area (Å²) in [6.07, 6.45) is 7.11. The molecule has 0 saturated heterocycles. The van der Waals surface area contributed by atoms with E-state index in [1.807, 2.05) is 12.1 Å². The lowest BCUT2D eigenvalue weighted by atomic mass is 10.1. The van der Waals surface area contributed by atoms with Crippen molar-refractivity contribution in [3.8, 4) is 5.75 Å². The molecule has 1 heterocycles. The van der Waals surface area contributed by atoms with Crippen LogP contribution in [0.3, 0.4) is 0 Å². The summed E-state index contributed by atoms with van der Waals surface area (Å²) in [6, 6.07) is 22.8. The number of amides is 1. The summed E-state index contributed by atoms with van der Waals surface area (Å²) in [5, 5.41) is 13.5. The van der Waals surface area contributed by atoms with Gasteiger partial charge >= 0.3 is 4.87 Å². The normalized spacial score (nSPS) is 13.1. The Balaban J connectivity index is 1.12. The van der Waals surface area contributed by atoms with Crippen molar-refractivity contribution in [1.29, 1.82) is 0 Å². The highest BCUT2D eigenvalue weighted by Crippen LogP contribution is 2.29. The van der Waals surface area contributed by atoms with Gasteiger partial charge in [0.2, 0.25) is 5.91 Å². The molecular weight excluding hydrogens is 506 g/mol. The first kappa shape index (κ1) is 27.2. The third-order valence-corrected chi connectivity index (χ3v) is 8.68. The molecule has 1 aliphatic rings. The smallest absolute Gasteiger partial charge is 0.305 e. The van der Waals surface area contributed by atoms with E-state index < -0.39 is 0 Å². The van der Waals surface area contributed by atoms with Gasteiger partial charge in [0.25, 0.3) is 0 Å². The van der Waals surface area contributed by atoms with Gasteiger partial charge in [-0.05, 0) is 73.4 Å². The highest BCUT2D eigenvalue weighted by molar-refractivity contribution is 7.16. The van der Waals surface area contributed by atoms with Crippen LogP contribution >= 0.6 is 11.3 Å². The van der Waals surface area contributed by atoms with Crippen LogP contribution in [0.25, 0.3) is 10.2 Å². The Labute approximate surface area is 233 Å². The van der Waals surface area contributed by atoms with Gasteiger partial charge in [-0.1, -0.05) is 78.4 Å². The fourth-order valence-electron chi connectivity index (χ4n) is 5.65. The summed E-state index contributed by atoms with van der Waals surface area (Å²) in [5.41, 5.74) is 5.66. The van der Waals surface area contributed by atoms with Crippen molar-refractivity contribution in [2.75, 3.05) is 19.6 Å². The molecule has 1 aliphatic carbocycles. The minimum absolute atomic E-state index is 0.119. The number of fused-ring (bicyclic) bond motifs is 2. The monoisotopic (exact) mass is 543 g/mol. The number of hydrogen-bond acceptors (Lipinski definition) is 5. The Morgan fingerprint density at radius 3 is 2.44 bits per heavy atom. The molecule has 0 saturated carbocycles. The second kappa shape index (κ2) is 13.1. The van der Waals surface area contributed by atoms with Crippen LogP contribution in [0.4, 0.5) is 0 Å². The van der Waals surface area contributed by atoms with Gasteiger partial charge in [0.15, 0.2) is 0 Å². The number of aryl methyl sites for hydroxylation is 1. The molecule has 0 radical (unpaired) electrons. The average molecular weight is 544 g/mol. The molecule has 0 bridgehead atoms. The zero-order valence-electron chi connectivity index (χ0n) is 22.3. The van der Waals surface area contributed by atoms with Crippen LogP contribution in [0.2, 0.25) is 0 Å². The van der Waals surface area contributed by atoms with Crippen LogP contribution in [0, 0.1) is 0 Å². The van der Waals surface area contributed by atoms with Gasteiger partial charge in [0.1, 0.15) is 11.3 Å². The van der Waals surface area contributed by atoms with Crippen molar-refractivity contribution in [2.45, 2.75) is 57.4 Å². The van der Waals surface area contributed by atoms with E-state index in [9.17, 15) is 14.7 Å². The summed E-state index contributed by atoms with van der Waals surface area (Å²) in [5.74, 6) is 0.353. The number of phenols is 1. The Morgan fingerprint density at radius 1 is 0.923 bits per heavy atom. The maximum atomic E-state index is 13.4. The number of nitrogens with one attached hydrogen (secondary N) is 2. The molecule has 0 atom stereocenters. The van der Waals surface area contributed by atoms with E-state index in [-0.39, 0.29) is 22.6 Å². The van der Waals surface area contributed by atoms with Crippen LogP contribution in [0.5, 0.6) is 5.75 Å². The van der Waals surface area contributed by atoms with Gasteiger partial charge in [-0.3, -0.25) is 9.59 Å². The Morgan fingerprint density at radius 2 is 1.67 bits per heavy atom. The Hall–Kier alpha value is -3.42. The number of hydrogen-bond donors (Lipinski definition) is 3. The van der Waals surface area contributed by atoms with E-state index in [4.69, 9.17) is 0 Å². The predicted molar refractivity (Wildman–Crippen MR) is 159 cm³/mol. The van der Waals surface area contributed by atoms with E-state index in [1.165, 1.54) is 16.7 Å². The fraction of sp³-hybridized carbons (Fsp3) is 0.375. The van der Waals surface area contributed by atoms with Gasteiger partial charge < -0.3 is 20.3 Å². The van der Waals surface area contributed by atoms with Crippen molar-refractivity contribution >= 4 is 27.5 Å². The molecule has 39 heavy (non-hydrogen) atoms. The zero-order valence-corrected chi connectivity index (χ0v) is 23.1. The van der Waals surface area contributed by atoms with Crippen LogP contribution in [-0.2, 0) is 30.5 Å². The number of nitrogens with zero attached hydrogens (tertiary/aromatic N) is 1.